The molecule has 7 nitrogen and oxygen atoms in total. The van der Waals surface area contributed by atoms with Crippen LogP contribution in [0.2, 0.25) is 0 Å². The number of hydrogen-bond acceptors (Lipinski definition) is 6. The molecule has 2 heterocycles. The molecule has 1 aliphatic heterocycles. The van der Waals surface area contributed by atoms with Crippen molar-refractivity contribution < 1.29 is 24.0 Å². The highest BCUT2D eigenvalue weighted by molar-refractivity contribution is 6.21. The zero-order valence-electron chi connectivity index (χ0n) is 13.9. The first-order valence-corrected chi connectivity index (χ1v) is 8.01. The van der Waals surface area contributed by atoms with E-state index in [0.29, 0.717) is 16.6 Å². The minimum absolute atomic E-state index is 0.171. The number of nitrogens with zero attached hydrogens (tertiary/aromatic N) is 2. The number of amides is 2. The highest BCUT2D eigenvalue weighted by atomic mass is 16.7. The predicted molar refractivity (Wildman–Crippen MR) is 93.1 cm³/mol. The Morgan fingerprint density at radius 1 is 0.815 bits per heavy atom. The Bertz CT molecular complexity index is 997. The molecule has 2 aromatic carbocycles. The van der Waals surface area contributed by atoms with E-state index in [1.807, 2.05) is 0 Å². The lowest BCUT2D eigenvalue weighted by atomic mass is 10.1. The van der Waals surface area contributed by atoms with Crippen molar-refractivity contribution in [3.8, 4) is 11.5 Å². The lowest BCUT2D eigenvalue weighted by Gasteiger charge is -2.13. The summed E-state index contributed by atoms with van der Waals surface area (Å²) in [5, 5.41) is 0.479. The van der Waals surface area contributed by atoms with E-state index in [2.05, 4.69) is 4.98 Å². The molecule has 0 saturated carbocycles. The van der Waals surface area contributed by atoms with Crippen LogP contribution in [0.1, 0.15) is 31.1 Å². The Morgan fingerprint density at radius 2 is 1.48 bits per heavy atom. The second kappa shape index (κ2) is 6.72. The van der Waals surface area contributed by atoms with Crippen LogP contribution in [0.25, 0.3) is 0 Å². The SMILES string of the molecule is O=C(ON1C(=O)c2ccccc2C1=O)c1ccc(Oc2cccnc2)cc1. The number of carbonyl (C=O) groups excluding carboxylic acids is 3. The molecule has 7 heteroatoms. The van der Waals surface area contributed by atoms with Gasteiger partial charge in [-0.1, -0.05) is 17.2 Å². The Hall–Kier alpha value is -4.00. The lowest BCUT2D eigenvalue weighted by molar-refractivity contribution is -0.0584. The number of ether oxygens (including phenoxy) is 1. The number of hydroxylamine groups is 2. The third kappa shape index (κ3) is 3.13. The molecule has 3 aromatic rings. The van der Waals surface area contributed by atoms with Crippen LogP contribution in [0, 0.1) is 0 Å². The Labute approximate surface area is 153 Å². The van der Waals surface area contributed by atoms with Crippen LogP contribution in [0.3, 0.4) is 0 Å². The highest BCUT2D eigenvalue weighted by Gasteiger charge is 2.38. The van der Waals surface area contributed by atoms with E-state index in [9.17, 15) is 14.4 Å². The molecule has 132 valence electrons. The summed E-state index contributed by atoms with van der Waals surface area (Å²) < 4.78 is 5.59. The molecule has 0 aliphatic carbocycles. The topological polar surface area (TPSA) is 85.8 Å². The molecule has 4 rings (SSSR count). The van der Waals surface area contributed by atoms with E-state index in [1.165, 1.54) is 24.3 Å². The van der Waals surface area contributed by atoms with Gasteiger partial charge in [-0.2, -0.15) is 0 Å². The summed E-state index contributed by atoms with van der Waals surface area (Å²) in [5.41, 5.74) is 0.580. The van der Waals surface area contributed by atoms with E-state index in [4.69, 9.17) is 9.57 Å². The fourth-order valence-electron chi connectivity index (χ4n) is 2.59. The summed E-state index contributed by atoms with van der Waals surface area (Å²) in [6.45, 7) is 0. The van der Waals surface area contributed by atoms with Crippen molar-refractivity contribution in [2.45, 2.75) is 0 Å². The van der Waals surface area contributed by atoms with Gasteiger partial charge in [0.25, 0.3) is 11.8 Å². The Morgan fingerprint density at radius 3 is 2.07 bits per heavy atom. The van der Waals surface area contributed by atoms with Gasteiger partial charge in [0.05, 0.1) is 22.9 Å². The zero-order chi connectivity index (χ0) is 18.8. The second-order valence-electron chi connectivity index (χ2n) is 5.64. The Balaban J connectivity index is 1.46. The first-order chi connectivity index (χ1) is 13.1. The first kappa shape index (κ1) is 16.5. The van der Waals surface area contributed by atoms with Gasteiger partial charge in [-0.05, 0) is 48.5 Å². The van der Waals surface area contributed by atoms with Crippen LogP contribution in [-0.2, 0) is 4.84 Å². The minimum atomic E-state index is -0.822. The second-order valence-corrected chi connectivity index (χ2v) is 5.64. The van der Waals surface area contributed by atoms with E-state index >= 15 is 0 Å². The molecule has 0 atom stereocenters. The summed E-state index contributed by atoms with van der Waals surface area (Å²) in [7, 11) is 0. The summed E-state index contributed by atoms with van der Waals surface area (Å²) in [6.07, 6.45) is 3.19. The predicted octanol–water partition coefficient (Wildman–Crippen LogP) is 3.24. The van der Waals surface area contributed by atoms with Gasteiger partial charge in [-0.25, -0.2) is 4.79 Å². The quantitative estimate of drug-likeness (QED) is 0.664. The summed E-state index contributed by atoms with van der Waals surface area (Å²) >= 11 is 0. The third-order valence-corrected chi connectivity index (χ3v) is 3.89. The maximum absolute atomic E-state index is 12.3. The van der Waals surface area contributed by atoms with Gasteiger partial charge in [-0.15, -0.1) is 0 Å². The molecule has 0 saturated heterocycles. The van der Waals surface area contributed by atoms with Gasteiger partial charge in [0.15, 0.2) is 0 Å². The third-order valence-electron chi connectivity index (χ3n) is 3.89. The minimum Gasteiger partial charge on any atom is -0.456 e. The summed E-state index contributed by atoms with van der Waals surface area (Å²) in [4.78, 5) is 45.7. The molecule has 0 bridgehead atoms. The molecule has 27 heavy (non-hydrogen) atoms. The molecule has 1 aliphatic rings. The maximum Gasteiger partial charge on any atom is 0.363 e. The largest absolute Gasteiger partial charge is 0.456 e. The number of benzene rings is 2. The number of aromatic nitrogens is 1. The fourth-order valence-corrected chi connectivity index (χ4v) is 2.59. The van der Waals surface area contributed by atoms with Gasteiger partial charge in [0.2, 0.25) is 0 Å². The summed E-state index contributed by atoms with van der Waals surface area (Å²) in [5.74, 6) is -1.10. The first-order valence-electron chi connectivity index (χ1n) is 8.01. The number of fused-ring (bicyclic) bond motifs is 1. The van der Waals surface area contributed by atoms with Crippen LogP contribution in [0.5, 0.6) is 11.5 Å². The molecule has 0 unspecified atom stereocenters. The van der Waals surface area contributed by atoms with E-state index in [0.717, 1.165) is 0 Å². The molecule has 0 radical (unpaired) electrons. The molecular formula is C20H12N2O5. The van der Waals surface area contributed by atoms with Crippen LogP contribution in [-0.4, -0.2) is 27.8 Å². The molecule has 0 N–H and O–H groups in total. The van der Waals surface area contributed by atoms with E-state index in [-0.39, 0.29) is 16.7 Å². The van der Waals surface area contributed by atoms with Crippen molar-refractivity contribution >= 4 is 17.8 Å². The van der Waals surface area contributed by atoms with Crippen LogP contribution in [0.4, 0.5) is 0 Å². The van der Waals surface area contributed by atoms with Crippen molar-refractivity contribution in [2.24, 2.45) is 0 Å². The lowest BCUT2D eigenvalue weighted by Crippen LogP contribution is -2.32. The van der Waals surface area contributed by atoms with Crippen molar-refractivity contribution in [1.29, 1.82) is 0 Å². The normalized spacial score (nSPS) is 12.7. The van der Waals surface area contributed by atoms with Gasteiger partial charge in [0.1, 0.15) is 11.5 Å². The average Bonchev–Trinajstić information content (AvgIpc) is 2.94. The Kier molecular flexibility index (Phi) is 4.10. The van der Waals surface area contributed by atoms with Crippen LogP contribution >= 0.6 is 0 Å². The summed E-state index contributed by atoms with van der Waals surface area (Å²) in [6, 6.07) is 15.9. The average molecular weight is 360 g/mol. The number of pyridine rings is 1. The molecule has 2 amide bonds. The van der Waals surface area contributed by atoms with Gasteiger partial charge >= 0.3 is 5.97 Å². The van der Waals surface area contributed by atoms with E-state index in [1.54, 1.807) is 48.8 Å². The smallest absolute Gasteiger partial charge is 0.363 e. The van der Waals surface area contributed by atoms with Gasteiger partial charge in [-0.3, -0.25) is 14.6 Å². The number of carbonyl (C=O) groups is 3. The molecular weight excluding hydrogens is 348 g/mol. The monoisotopic (exact) mass is 360 g/mol. The van der Waals surface area contributed by atoms with Crippen LogP contribution < -0.4 is 4.74 Å². The van der Waals surface area contributed by atoms with Crippen LogP contribution in [0.15, 0.2) is 73.1 Å². The zero-order valence-corrected chi connectivity index (χ0v) is 13.9. The van der Waals surface area contributed by atoms with E-state index < -0.39 is 17.8 Å². The van der Waals surface area contributed by atoms with Gasteiger partial charge in [0, 0.05) is 6.20 Å². The number of rotatable bonds is 4. The van der Waals surface area contributed by atoms with Gasteiger partial charge < -0.3 is 9.57 Å². The van der Waals surface area contributed by atoms with Crippen molar-refractivity contribution in [2.75, 3.05) is 0 Å². The molecule has 0 spiro atoms. The van der Waals surface area contributed by atoms with Crippen molar-refractivity contribution in [3.05, 3.63) is 89.7 Å². The standard InChI is InChI=1S/C20H12N2O5/c23-18-16-5-1-2-6-17(16)19(24)22(18)27-20(25)13-7-9-14(10-8-13)26-15-4-3-11-21-12-15/h1-12H. The van der Waals surface area contributed by atoms with Crippen molar-refractivity contribution in [3.63, 3.8) is 0 Å². The molecule has 0 fully saturated rings. The highest BCUT2D eigenvalue weighted by Crippen LogP contribution is 2.24. The van der Waals surface area contributed by atoms with Crippen molar-refractivity contribution in [1.82, 2.24) is 10.0 Å². The number of hydrogen-bond donors (Lipinski definition) is 0. The molecule has 1 aromatic heterocycles. The number of imide groups is 1. The maximum atomic E-state index is 12.3. The fraction of sp³-hybridized carbons (Fsp3) is 0.